The summed E-state index contributed by atoms with van der Waals surface area (Å²) in [4.78, 5) is 10.4. The third-order valence-electron chi connectivity index (χ3n) is 2.81. The van der Waals surface area contributed by atoms with Crippen LogP contribution >= 0.6 is 0 Å². The number of phenols is 1. The fourth-order valence-electron chi connectivity index (χ4n) is 1.87. The van der Waals surface area contributed by atoms with Crippen LogP contribution in [0.5, 0.6) is 11.5 Å². The highest BCUT2D eigenvalue weighted by Crippen LogP contribution is 2.37. The largest absolute Gasteiger partial charge is 0.504 e. The van der Waals surface area contributed by atoms with Gasteiger partial charge in [0, 0.05) is 18.3 Å². The molecular weight excluding hydrogens is 274 g/mol. The van der Waals surface area contributed by atoms with Gasteiger partial charge >= 0.3 is 5.69 Å². The van der Waals surface area contributed by atoms with E-state index in [1.54, 1.807) is 0 Å². The highest BCUT2D eigenvalue weighted by atomic mass is 16.6. The molecule has 0 radical (unpaired) electrons. The zero-order valence-corrected chi connectivity index (χ0v) is 11.4. The van der Waals surface area contributed by atoms with Crippen molar-refractivity contribution < 1.29 is 14.8 Å². The number of hydrazine groups is 1. The third kappa shape index (κ3) is 3.61. The maximum Gasteiger partial charge on any atom is 0.315 e. The van der Waals surface area contributed by atoms with E-state index in [-0.39, 0.29) is 17.2 Å². The lowest BCUT2D eigenvalue weighted by Gasteiger charge is -2.10. The van der Waals surface area contributed by atoms with E-state index >= 15 is 0 Å². The summed E-state index contributed by atoms with van der Waals surface area (Å²) in [7, 11) is 1.27. The van der Waals surface area contributed by atoms with E-state index < -0.39 is 4.92 Å². The summed E-state index contributed by atoms with van der Waals surface area (Å²) in [6.45, 7) is 0.299. The van der Waals surface area contributed by atoms with Gasteiger partial charge in [0.05, 0.1) is 12.0 Å². The van der Waals surface area contributed by atoms with Crippen LogP contribution in [0.25, 0.3) is 0 Å². The molecule has 0 aromatic heterocycles. The smallest absolute Gasteiger partial charge is 0.315 e. The van der Waals surface area contributed by atoms with Crippen LogP contribution in [0.1, 0.15) is 5.56 Å². The number of aromatic hydroxyl groups is 1. The van der Waals surface area contributed by atoms with Gasteiger partial charge in [0.2, 0.25) is 5.75 Å². The molecule has 0 aliphatic heterocycles. The molecule has 0 saturated heterocycles. The Hall–Kier alpha value is -2.80. The number of phenolic OH excluding ortho intramolecular Hbond substituents is 1. The summed E-state index contributed by atoms with van der Waals surface area (Å²) in [5, 5.41) is 20.7. The van der Waals surface area contributed by atoms with E-state index in [9.17, 15) is 15.2 Å². The van der Waals surface area contributed by atoms with Crippen LogP contribution in [0.4, 0.5) is 11.4 Å². The molecule has 0 amide bonds. The number of methoxy groups -OCH3 is 1. The van der Waals surface area contributed by atoms with Crippen LogP contribution in [0.3, 0.4) is 0 Å². The zero-order chi connectivity index (χ0) is 15.2. The molecule has 3 N–H and O–H groups in total. The normalized spacial score (nSPS) is 10.1. The molecule has 0 atom stereocenters. The number of nitro groups is 1. The average Bonchev–Trinajstić information content (AvgIpc) is 2.47. The molecule has 2 aromatic rings. The van der Waals surface area contributed by atoms with Crippen molar-refractivity contribution in [2.45, 2.75) is 6.54 Å². The van der Waals surface area contributed by atoms with Gasteiger partial charge < -0.3 is 15.3 Å². The van der Waals surface area contributed by atoms with Crippen molar-refractivity contribution >= 4 is 11.4 Å². The SMILES string of the molecule is COc1c(O)cc(CNNc2ccccc2)cc1[N+](=O)[O-]. The molecule has 21 heavy (non-hydrogen) atoms. The summed E-state index contributed by atoms with van der Waals surface area (Å²) in [6, 6.07) is 12.2. The predicted molar refractivity (Wildman–Crippen MR) is 78.2 cm³/mol. The van der Waals surface area contributed by atoms with Gasteiger partial charge in [0.1, 0.15) is 0 Å². The maximum atomic E-state index is 11.0. The Balaban J connectivity index is 2.08. The Morgan fingerprint density at radius 2 is 2.00 bits per heavy atom. The quantitative estimate of drug-likeness (QED) is 0.558. The Kier molecular flexibility index (Phi) is 4.57. The number of anilines is 1. The van der Waals surface area contributed by atoms with Crippen molar-refractivity contribution in [3.8, 4) is 11.5 Å². The minimum absolute atomic E-state index is 0.139. The molecule has 2 aromatic carbocycles. The Labute approximate surface area is 121 Å². The molecule has 0 spiro atoms. The Morgan fingerprint density at radius 3 is 2.62 bits per heavy atom. The van der Waals surface area contributed by atoms with Crippen LogP contribution in [0, 0.1) is 10.1 Å². The molecule has 0 heterocycles. The standard InChI is InChI=1S/C14H15N3O4/c1-21-14-12(17(19)20)7-10(8-13(14)18)9-15-16-11-5-3-2-4-6-11/h2-8,15-16,18H,9H2,1H3. The zero-order valence-electron chi connectivity index (χ0n) is 11.4. The fourth-order valence-corrected chi connectivity index (χ4v) is 1.87. The lowest BCUT2D eigenvalue weighted by Crippen LogP contribution is -2.20. The molecule has 7 heteroatoms. The van der Waals surface area contributed by atoms with Gasteiger partial charge in [-0.15, -0.1) is 0 Å². The van der Waals surface area contributed by atoms with Crippen LogP contribution in [0.2, 0.25) is 0 Å². The third-order valence-corrected chi connectivity index (χ3v) is 2.81. The van der Waals surface area contributed by atoms with Gasteiger partial charge in [0.15, 0.2) is 5.75 Å². The minimum Gasteiger partial charge on any atom is -0.504 e. The first-order valence-corrected chi connectivity index (χ1v) is 6.20. The number of nitrogens with zero attached hydrogens (tertiary/aromatic N) is 1. The highest BCUT2D eigenvalue weighted by Gasteiger charge is 2.20. The van der Waals surface area contributed by atoms with E-state index in [1.165, 1.54) is 19.2 Å². The topological polar surface area (TPSA) is 96.7 Å². The number of hydrogen-bond acceptors (Lipinski definition) is 6. The summed E-state index contributed by atoms with van der Waals surface area (Å²) >= 11 is 0. The van der Waals surface area contributed by atoms with E-state index in [0.717, 1.165) is 5.69 Å². The summed E-state index contributed by atoms with van der Waals surface area (Å²) in [6.07, 6.45) is 0. The van der Waals surface area contributed by atoms with Crippen molar-refractivity contribution in [2.24, 2.45) is 0 Å². The molecule has 2 rings (SSSR count). The second kappa shape index (κ2) is 6.58. The van der Waals surface area contributed by atoms with Gasteiger partial charge in [-0.25, -0.2) is 5.43 Å². The van der Waals surface area contributed by atoms with E-state index in [4.69, 9.17) is 4.74 Å². The highest BCUT2D eigenvalue weighted by molar-refractivity contribution is 5.57. The van der Waals surface area contributed by atoms with Gasteiger partial charge in [-0.3, -0.25) is 10.1 Å². The first-order valence-electron chi connectivity index (χ1n) is 6.20. The number of hydrogen-bond donors (Lipinski definition) is 3. The minimum atomic E-state index is -0.591. The van der Waals surface area contributed by atoms with E-state index in [0.29, 0.717) is 12.1 Å². The summed E-state index contributed by atoms with van der Waals surface area (Å²) < 4.78 is 4.84. The molecule has 0 fully saturated rings. The molecule has 0 aliphatic carbocycles. The lowest BCUT2D eigenvalue weighted by atomic mass is 10.1. The molecule has 0 bridgehead atoms. The van der Waals surface area contributed by atoms with Gasteiger partial charge in [-0.1, -0.05) is 18.2 Å². The molecule has 0 unspecified atom stereocenters. The van der Waals surface area contributed by atoms with Crippen molar-refractivity contribution in [3.63, 3.8) is 0 Å². The van der Waals surface area contributed by atoms with Crippen molar-refractivity contribution in [2.75, 3.05) is 12.5 Å². The number of nitro benzene ring substituents is 1. The lowest BCUT2D eigenvalue weighted by molar-refractivity contribution is -0.385. The van der Waals surface area contributed by atoms with Gasteiger partial charge in [-0.05, 0) is 23.8 Å². The second-order valence-electron chi connectivity index (χ2n) is 4.27. The fraction of sp³-hybridized carbons (Fsp3) is 0.143. The average molecular weight is 289 g/mol. The van der Waals surface area contributed by atoms with Crippen LogP contribution in [0.15, 0.2) is 42.5 Å². The van der Waals surface area contributed by atoms with Crippen molar-refractivity contribution in [3.05, 3.63) is 58.1 Å². The summed E-state index contributed by atoms with van der Waals surface area (Å²) in [5.41, 5.74) is 7.04. The first-order chi connectivity index (χ1) is 10.1. The number of para-hydroxylation sites is 1. The monoisotopic (exact) mass is 289 g/mol. The number of ether oxygens (including phenoxy) is 1. The van der Waals surface area contributed by atoms with Crippen LogP contribution in [-0.4, -0.2) is 17.1 Å². The summed E-state index contributed by atoms with van der Waals surface area (Å²) in [5.74, 6) is -0.400. The number of rotatable bonds is 6. The van der Waals surface area contributed by atoms with E-state index in [1.807, 2.05) is 30.3 Å². The Bertz CT molecular complexity index is 632. The maximum absolute atomic E-state index is 11.0. The van der Waals surface area contributed by atoms with Crippen LogP contribution < -0.4 is 15.6 Å². The Morgan fingerprint density at radius 1 is 1.29 bits per heavy atom. The number of nitrogens with one attached hydrogen (secondary N) is 2. The van der Waals surface area contributed by atoms with Crippen molar-refractivity contribution in [1.82, 2.24) is 5.43 Å². The van der Waals surface area contributed by atoms with Gasteiger partial charge in [-0.2, -0.15) is 0 Å². The van der Waals surface area contributed by atoms with Gasteiger partial charge in [0.25, 0.3) is 0 Å². The predicted octanol–water partition coefficient (Wildman–Crippen LogP) is 2.43. The molecule has 0 aliphatic rings. The molecule has 0 saturated carbocycles. The second-order valence-corrected chi connectivity index (χ2v) is 4.27. The molecular formula is C14H15N3O4. The first kappa shape index (κ1) is 14.6. The van der Waals surface area contributed by atoms with Crippen LogP contribution in [-0.2, 0) is 6.54 Å². The molecule has 7 nitrogen and oxygen atoms in total. The van der Waals surface area contributed by atoms with E-state index in [2.05, 4.69) is 10.9 Å². The molecule has 110 valence electrons. The van der Waals surface area contributed by atoms with Crippen molar-refractivity contribution in [1.29, 1.82) is 0 Å². The number of benzene rings is 2.